The number of hydrogen-bond donors (Lipinski definition) is 2. The van der Waals surface area contributed by atoms with E-state index in [0.717, 1.165) is 5.69 Å². The van der Waals surface area contributed by atoms with E-state index in [4.69, 9.17) is 0 Å². The fourth-order valence-corrected chi connectivity index (χ4v) is 2.24. The third-order valence-corrected chi connectivity index (χ3v) is 3.09. The maximum atomic E-state index is 11.8. The van der Waals surface area contributed by atoms with Crippen LogP contribution in [0.5, 0.6) is 0 Å². The summed E-state index contributed by atoms with van der Waals surface area (Å²) < 4.78 is 0. The number of rotatable bonds is 2. The summed E-state index contributed by atoms with van der Waals surface area (Å²) in [6, 6.07) is 8.86. The minimum absolute atomic E-state index is 0.0667. The third kappa shape index (κ3) is 1.97. The summed E-state index contributed by atoms with van der Waals surface area (Å²) in [7, 11) is 0. The van der Waals surface area contributed by atoms with Crippen molar-refractivity contribution in [1.82, 2.24) is 4.98 Å². The van der Waals surface area contributed by atoms with Crippen LogP contribution in [-0.4, -0.2) is 28.5 Å². The maximum absolute atomic E-state index is 11.8. The van der Waals surface area contributed by atoms with Crippen molar-refractivity contribution in [2.75, 3.05) is 16.8 Å². The summed E-state index contributed by atoms with van der Waals surface area (Å²) in [6.45, 7) is 0.0707. The molecule has 0 spiro atoms. The molecule has 0 unspecified atom stereocenters. The Morgan fingerprint density at radius 2 is 2.05 bits per heavy atom. The Kier molecular flexibility index (Phi) is 2.83. The number of carboxylic acid groups (broad SMARTS) is 1. The molecule has 0 bridgehead atoms. The average molecular weight is 269 g/mol. The lowest BCUT2D eigenvalue weighted by Crippen LogP contribution is -2.35. The van der Waals surface area contributed by atoms with Gasteiger partial charge in [0, 0.05) is 12.4 Å². The summed E-state index contributed by atoms with van der Waals surface area (Å²) in [4.78, 5) is 28.6. The number of fused-ring (bicyclic) bond motifs is 1. The Morgan fingerprint density at radius 3 is 2.85 bits per heavy atom. The van der Waals surface area contributed by atoms with Crippen LogP contribution in [0.1, 0.15) is 10.4 Å². The Labute approximate surface area is 114 Å². The smallest absolute Gasteiger partial charge is 0.339 e. The Bertz CT molecular complexity index is 700. The molecule has 20 heavy (non-hydrogen) atoms. The molecule has 1 amide bonds. The zero-order valence-electron chi connectivity index (χ0n) is 10.4. The van der Waals surface area contributed by atoms with E-state index in [1.54, 1.807) is 17.0 Å². The van der Waals surface area contributed by atoms with Gasteiger partial charge in [0.15, 0.2) is 0 Å². The van der Waals surface area contributed by atoms with Gasteiger partial charge in [0.25, 0.3) is 0 Å². The van der Waals surface area contributed by atoms with E-state index in [2.05, 4.69) is 10.3 Å². The van der Waals surface area contributed by atoms with Crippen LogP contribution in [0.25, 0.3) is 0 Å². The third-order valence-electron chi connectivity index (χ3n) is 3.09. The predicted molar refractivity (Wildman–Crippen MR) is 73.3 cm³/mol. The zero-order valence-corrected chi connectivity index (χ0v) is 10.4. The average Bonchev–Trinajstić information content (AvgIpc) is 2.46. The SMILES string of the molecule is O=C1CN(c2ccncc2C(=O)O)c2ccccc2N1. The molecule has 0 aliphatic carbocycles. The summed E-state index contributed by atoms with van der Waals surface area (Å²) in [5.74, 6) is -1.26. The molecule has 0 radical (unpaired) electrons. The number of nitrogens with one attached hydrogen (secondary N) is 1. The van der Waals surface area contributed by atoms with E-state index in [1.807, 2.05) is 18.2 Å². The standard InChI is InChI=1S/C14H11N3O3/c18-13-8-17(12-4-2-1-3-10(12)16-13)11-5-6-15-7-9(11)14(19)20/h1-7H,8H2,(H,16,18)(H,19,20). The van der Waals surface area contributed by atoms with Crippen LogP contribution in [0, 0.1) is 0 Å². The Hall–Kier alpha value is -2.89. The van der Waals surface area contributed by atoms with Crippen LogP contribution >= 0.6 is 0 Å². The van der Waals surface area contributed by atoms with Crippen molar-refractivity contribution in [2.24, 2.45) is 0 Å². The summed E-state index contributed by atoms with van der Waals surface area (Å²) in [5.41, 5.74) is 1.95. The molecule has 1 aliphatic heterocycles. The molecule has 0 saturated heterocycles. The number of pyridine rings is 1. The molecule has 6 heteroatoms. The second kappa shape index (κ2) is 4.65. The van der Waals surface area contributed by atoms with Gasteiger partial charge in [-0.15, -0.1) is 0 Å². The van der Waals surface area contributed by atoms with Gasteiger partial charge in [0.1, 0.15) is 12.1 Å². The topological polar surface area (TPSA) is 82.5 Å². The molecule has 6 nitrogen and oxygen atoms in total. The predicted octanol–water partition coefficient (Wildman–Crippen LogP) is 1.87. The van der Waals surface area contributed by atoms with Gasteiger partial charge in [0.2, 0.25) is 5.91 Å². The highest BCUT2D eigenvalue weighted by molar-refractivity contribution is 6.05. The molecule has 2 heterocycles. The number of benzene rings is 1. The fourth-order valence-electron chi connectivity index (χ4n) is 2.24. The van der Waals surface area contributed by atoms with Crippen molar-refractivity contribution in [3.05, 3.63) is 48.3 Å². The Morgan fingerprint density at radius 1 is 1.25 bits per heavy atom. The summed E-state index contributed by atoms with van der Waals surface area (Å²) >= 11 is 0. The van der Waals surface area contributed by atoms with Crippen molar-refractivity contribution in [1.29, 1.82) is 0 Å². The van der Waals surface area contributed by atoms with Crippen molar-refractivity contribution in [3.8, 4) is 0 Å². The van der Waals surface area contributed by atoms with E-state index in [1.165, 1.54) is 12.4 Å². The number of hydrogen-bond acceptors (Lipinski definition) is 4. The Balaban J connectivity index is 2.16. The summed E-state index contributed by atoms with van der Waals surface area (Å²) in [6.07, 6.45) is 2.80. The number of amides is 1. The van der Waals surface area contributed by atoms with Crippen LogP contribution in [0.2, 0.25) is 0 Å². The van der Waals surface area contributed by atoms with Crippen molar-refractivity contribution in [2.45, 2.75) is 0 Å². The van der Waals surface area contributed by atoms with E-state index in [9.17, 15) is 14.7 Å². The second-order valence-electron chi connectivity index (χ2n) is 4.35. The van der Waals surface area contributed by atoms with Gasteiger partial charge in [-0.1, -0.05) is 12.1 Å². The van der Waals surface area contributed by atoms with Crippen molar-refractivity contribution < 1.29 is 14.7 Å². The molecule has 0 saturated carbocycles. The molecule has 100 valence electrons. The lowest BCUT2D eigenvalue weighted by molar-refractivity contribution is -0.115. The molecule has 0 fully saturated rings. The number of nitrogens with zero attached hydrogens (tertiary/aromatic N) is 2. The normalized spacial score (nSPS) is 13.6. The molecule has 1 aromatic carbocycles. The number of para-hydroxylation sites is 2. The van der Waals surface area contributed by atoms with Gasteiger partial charge >= 0.3 is 5.97 Å². The number of carbonyl (C=O) groups excluding carboxylic acids is 1. The largest absolute Gasteiger partial charge is 0.478 e. The number of aromatic nitrogens is 1. The van der Waals surface area contributed by atoms with Crippen molar-refractivity contribution >= 4 is 28.9 Å². The van der Waals surface area contributed by atoms with Crippen LogP contribution in [0.4, 0.5) is 17.1 Å². The highest BCUT2D eigenvalue weighted by atomic mass is 16.4. The zero-order chi connectivity index (χ0) is 14.1. The number of aromatic carboxylic acids is 1. The molecule has 2 aromatic rings. The molecular formula is C14H11N3O3. The first-order valence-electron chi connectivity index (χ1n) is 6.00. The molecule has 1 aromatic heterocycles. The van der Waals surface area contributed by atoms with Crippen molar-refractivity contribution in [3.63, 3.8) is 0 Å². The monoisotopic (exact) mass is 269 g/mol. The van der Waals surface area contributed by atoms with Crippen LogP contribution in [-0.2, 0) is 4.79 Å². The van der Waals surface area contributed by atoms with Gasteiger partial charge in [-0.3, -0.25) is 9.78 Å². The van der Waals surface area contributed by atoms with E-state index in [-0.39, 0.29) is 18.0 Å². The highest BCUT2D eigenvalue weighted by Crippen LogP contribution is 2.35. The van der Waals surface area contributed by atoms with Gasteiger partial charge < -0.3 is 15.3 Å². The minimum atomic E-state index is -1.07. The molecular weight excluding hydrogens is 258 g/mol. The molecule has 2 N–H and O–H groups in total. The van der Waals surface area contributed by atoms with Gasteiger partial charge in [-0.05, 0) is 18.2 Å². The highest BCUT2D eigenvalue weighted by Gasteiger charge is 2.25. The van der Waals surface area contributed by atoms with Gasteiger partial charge in [-0.2, -0.15) is 0 Å². The van der Waals surface area contributed by atoms with Crippen LogP contribution < -0.4 is 10.2 Å². The first-order chi connectivity index (χ1) is 9.66. The first-order valence-corrected chi connectivity index (χ1v) is 6.00. The molecule has 3 rings (SSSR count). The number of carboxylic acids is 1. The quantitative estimate of drug-likeness (QED) is 0.869. The van der Waals surface area contributed by atoms with E-state index < -0.39 is 5.97 Å². The van der Waals surface area contributed by atoms with E-state index in [0.29, 0.717) is 11.4 Å². The molecule has 1 aliphatic rings. The first kappa shape index (κ1) is 12.2. The second-order valence-corrected chi connectivity index (χ2v) is 4.35. The maximum Gasteiger partial charge on any atom is 0.339 e. The van der Waals surface area contributed by atoms with Gasteiger partial charge in [0.05, 0.1) is 17.1 Å². The number of carbonyl (C=O) groups is 2. The minimum Gasteiger partial charge on any atom is -0.478 e. The van der Waals surface area contributed by atoms with Crippen LogP contribution in [0.15, 0.2) is 42.7 Å². The lowest BCUT2D eigenvalue weighted by Gasteiger charge is -2.31. The van der Waals surface area contributed by atoms with Crippen LogP contribution in [0.3, 0.4) is 0 Å². The van der Waals surface area contributed by atoms with E-state index >= 15 is 0 Å². The summed E-state index contributed by atoms with van der Waals surface area (Å²) in [5, 5.41) is 12.0. The number of anilines is 3. The fraction of sp³-hybridized carbons (Fsp3) is 0.0714. The molecule has 0 atom stereocenters. The lowest BCUT2D eigenvalue weighted by atomic mass is 10.1. The van der Waals surface area contributed by atoms with Gasteiger partial charge in [-0.25, -0.2) is 4.79 Å².